The lowest BCUT2D eigenvalue weighted by Crippen LogP contribution is -2.41. The fraction of sp³-hybridized carbons (Fsp3) is 0.312. The first-order valence-corrected chi connectivity index (χ1v) is 6.92. The number of amides is 2. The van der Waals surface area contributed by atoms with Crippen LogP contribution in [0.25, 0.3) is 0 Å². The lowest BCUT2D eigenvalue weighted by atomic mass is 9.91. The van der Waals surface area contributed by atoms with Crippen molar-refractivity contribution < 1.29 is 14.1 Å². The molecule has 0 saturated heterocycles. The molecule has 0 fully saturated rings. The van der Waals surface area contributed by atoms with Crippen LogP contribution in [0.15, 0.2) is 34.9 Å². The number of carbonyl (C=O) groups excluding carboxylic acids is 2. The van der Waals surface area contributed by atoms with Crippen LogP contribution in [0.5, 0.6) is 0 Å². The minimum atomic E-state index is -1.25. The van der Waals surface area contributed by atoms with Crippen molar-refractivity contribution in [3.05, 3.63) is 41.7 Å². The summed E-state index contributed by atoms with van der Waals surface area (Å²) in [5.74, 6) is 0.0259. The summed E-state index contributed by atoms with van der Waals surface area (Å²) in [5.41, 5.74) is 0.428. The molecule has 2 rings (SSSR count). The van der Waals surface area contributed by atoms with Gasteiger partial charge >= 0.3 is 0 Å². The molecule has 0 spiro atoms. The Morgan fingerprint density at radius 2 is 1.77 bits per heavy atom. The van der Waals surface area contributed by atoms with Gasteiger partial charge in [0.05, 0.1) is 0 Å². The van der Waals surface area contributed by atoms with Crippen LogP contribution in [-0.4, -0.2) is 17.0 Å². The van der Waals surface area contributed by atoms with E-state index >= 15 is 0 Å². The lowest BCUT2D eigenvalue weighted by Gasteiger charge is -2.22. The molecule has 1 heterocycles. The van der Waals surface area contributed by atoms with E-state index in [1.165, 1.54) is 0 Å². The van der Waals surface area contributed by atoms with Gasteiger partial charge in [-0.25, -0.2) is 0 Å². The van der Waals surface area contributed by atoms with Crippen LogP contribution in [0, 0.1) is 19.3 Å². The molecule has 2 N–H and O–H groups in total. The quantitative estimate of drug-likeness (QED) is 0.850. The molecule has 6 heteroatoms. The SMILES string of the molecule is Cc1cccc(NC(=O)C(C)(C)C(=O)Nc2cc(C)on2)c1. The Labute approximate surface area is 128 Å². The van der Waals surface area contributed by atoms with Crippen LogP contribution in [0.3, 0.4) is 0 Å². The molecule has 0 atom stereocenters. The van der Waals surface area contributed by atoms with Gasteiger partial charge < -0.3 is 15.2 Å². The topological polar surface area (TPSA) is 84.2 Å². The van der Waals surface area contributed by atoms with Gasteiger partial charge in [-0.15, -0.1) is 0 Å². The van der Waals surface area contributed by atoms with E-state index in [2.05, 4.69) is 15.8 Å². The molecule has 0 unspecified atom stereocenters. The monoisotopic (exact) mass is 301 g/mol. The second-order valence-electron chi connectivity index (χ2n) is 5.73. The first kappa shape index (κ1) is 15.8. The number of aromatic nitrogens is 1. The maximum Gasteiger partial charge on any atom is 0.240 e. The molecule has 116 valence electrons. The number of hydrogen-bond acceptors (Lipinski definition) is 4. The second-order valence-corrected chi connectivity index (χ2v) is 5.73. The largest absolute Gasteiger partial charge is 0.360 e. The molecule has 2 aromatic rings. The van der Waals surface area contributed by atoms with Gasteiger partial charge in [0.25, 0.3) is 0 Å². The van der Waals surface area contributed by atoms with E-state index in [4.69, 9.17) is 4.52 Å². The molecular formula is C16H19N3O3. The van der Waals surface area contributed by atoms with Gasteiger partial charge in [-0.05, 0) is 45.4 Å². The first-order valence-electron chi connectivity index (χ1n) is 6.92. The Bertz CT molecular complexity index is 704. The zero-order valence-electron chi connectivity index (χ0n) is 13.1. The Morgan fingerprint density at radius 3 is 2.36 bits per heavy atom. The number of aryl methyl sites for hydroxylation is 2. The van der Waals surface area contributed by atoms with Gasteiger partial charge in [0.1, 0.15) is 11.2 Å². The van der Waals surface area contributed by atoms with Crippen molar-refractivity contribution in [3.8, 4) is 0 Å². The maximum absolute atomic E-state index is 12.4. The Morgan fingerprint density at radius 1 is 1.09 bits per heavy atom. The molecule has 0 aliphatic heterocycles. The van der Waals surface area contributed by atoms with E-state index < -0.39 is 17.2 Å². The van der Waals surface area contributed by atoms with Crippen LogP contribution in [0.4, 0.5) is 11.5 Å². The zero-order valence-corrected chi connectivity index (χ0v) is 13.1. The molecule has 0 radical (unpaired) electrons. The molecule has 0 aliphatic carbocycles. The summed E-state index contributed by atoms with van der Waals surface area (Å²) in [6.07, 6.45) is 0. The van der Waals surface area contributed by atoms with E-state index in [1.807, 2.05) is 25.1 Å². The van der Waals surface area contributed by atoms with Crippen LogP contribution in [0.1, 0.15) is 25.2 Å². The molecule has 1 aromatic carbocycles. The van der Waals surface area contributed by atoms with E-state index in [9.17, 15) is 9.59 Å². The molecule has 0 saturated carbocycles. The molecule has 0 bridgehead atoms. The molecule has 6 nitrogen and oxygen atoms in total. The number of nitrogens with zero attached hydrogens (tertiary/aromatic N) is 1. The number of anilines is 2. The van der Waals surface area contributed by atoms with Crippen LogP contribution in [0.2, 0.25) is 0 Å². The highest BCUT2D eigenvalue weighted by Crippen LogP contribution is 2.22. The number of nitrogens with one attached hydrogen (secondary N) is 2. The average Bonchev–Trinajstić information content (AvgIpc) is 2.84. The van der Waals surface area contributed by atoms with Gasteiger partial charge in [0.15, 0.2) is 5.82 Å². The summed E-state index contributed by atoms with van der Waals surface area (Å²) in [4.78, 5) is 24.7. The van der Waals surface area contributed by atoms with E-state index in [0.717, 1.165) is 5.56 Å². The summed E-state index contributed by atoms with van der Waals surface area (Å²) in [7, 11) is 0. The fourth-order valence-electron chi connectivity index (χ4n) is 1.81. The fourth-order valence-corrected chi connectivity index (χ4v) is 1.81. The minimum Gasteiger partial charge on any atom is -0.360 e. The smallest absolute Gasteiger partial charge is 0.240 e. The van der Waals surface area contributed by atoms with Gasteiger partial charge in [-0.3, -0.25) is 9.59 Å². The van der Waals surface area contributed by atoms with Crippen LogP contribution < -0.4 is 10.6 Å². The van der Waals surface area contributed by atoms with E-state index in [-0.39, 0.29) is 0 Å². The van der Waals surface area contributed by atoms with Crippen LogP contribution >= 0.6 is 0 Å². The Hall–Kier alpha value is -2.63. The van der Waals surface area contributed by atoms with Crippen molar-refractivity contribution in [3.63, 3.8) is 0 Å². The van der Waals surface area contributed by atoms with E-state index in [0.29, 0.717) is 17.3 Å². The normalized spacial score (nSPS) is 11.1. The molecule has 0 aliphatic rings. The van der Waals surface area contributed by atoms with Crippen molar-refractivity contribution in [2.45, 2.75) is 27.7 Å². The third-order valence-corrected chi connectivity index (χ3v) is 3.28. The Kier molecular flexibility index (Phi) is 4.30. The number of carbonyl (C=O) groups is 2. The average molecular weight is 301 g/mol. The highest BCUT2D eigenvalue weighted by molar-refractivity contribution is 6.13. The summed E-state index contributed by atoms with van der Waals surface area (Å²) in [6.45, 7) is 6.76. The number of rotatable bonds is 4. The molecule has 22 heavy (non-hydrogen) atoms. The summed E-state index contributed by atoms with van der Waals surface area (Å²) >= 11 is 0. The van der Waals surface area contributed by atoms with Crippen molar-refractivity contribution in [1.29, 1.82) is 0 Å². The number of hydrogen-bond donors (Lipinski definition) is 2. The number of benzene rings is 1. The highest BCUT2D eigenvalue weighted by atomic mass is 16.5. The standard InChI is InChI=1S/C16H19N3O3/c1-10-6-5-7-12(8-10)17-14(20)16(3,4)15(21)18-13-9-11(2)22-19-13/h5-9H,1-4H3,(H,17,20)(H,18,19,21). The molecule has 1 aromatic heterocycles. The summed E-state index contributed by atoms with van der Waals surface area (Å²) in [5, 5.41) is 9.01. The predicted molar refractivity (Wildman–Crippen MR) is 83.5 cm³/mol. The van der Waals surface area contributed by atoms with Gasteiger partial charge in [-0.2, -0.15) is 0 Å². The van der Waals surface area contributed by atoms with Crippen LogP contribution in [-0.2, 0) is 9.59 Å². The van der Waals surface area contributed by atoms with Crippen molar-refractivity contribution in [2.75, 3.05) is 10.6 Å². The zero-order chi connectivity index (χ0) is 16.3. The van der Waals surface area contributed by atoms with Crippen molar-refractivity contribution in [2.24, 2.45) is 5.41 Å². The molecule has 2 amide bonds. The molecular weight excluding hydrogens is 282 g/mol. The van der Waals surface area contributed by atoms with Gasteiger partial charge in [0, 0.05) is 11.8 Å². The third kappa shape index (κ3) is 3.52. The Balaban J connectivity index is 2.07. The first-order chi connectivity index (χ1) is 10.3. The second kappa shape index (κ2) is 6.01. The van der Waals surface area contributed by atoms with Crippen molar-refractivity contribution in [1.82, 2.24) is 5.16 Å². The van der Waals surface area contributed by atoms with Gasteiger partial charge in [0.2, 0.25) is 11.8 Å². The lowest BCUT2D eigenvalue weighted by molar-refractivity contribution is -0.135. The third-order valence-electron chi connectivity index (χ3n) is 3.28. The van der Waals surface area contributed by atoms with Crippen molar-refractivity contribution >= 4 is 23.3 Å². The summed E-state index contributed by atoms with van der Waals surface area (Å²) < 4.78 is 4.88. The van der Waals surface area contributed by atoms with Gasteiger partial charge in [-0.1, -0.05) is 17.3 Å². The maximum atomic E-state index is 12.4. The highest BCUT2D eigenvalue weighted by Gasteiger charge is 2.36. The minimum absolute atomic E-state index is 0.291. The predicted octanol–water partition coefficient (Wildman–Crippen LogP) is 2.89. The summed E-state index contributed by atoms with van der Waals surface area (Å²) in [6, 6.07) is 8.98. The van der Waals surface area contributed by atoms with E-state index in [1.54, 1.807) is 32.9 Å².